The Morgan fingerprint density at radius 1 is 1.00 bits per heavy atom. The van der Waals surface area contributed by atoms with E-state index in [4.69, 9.17) is 0 Å². The van der Waals surface area contributed by atoms with E-state index in [2.05, 4.69) is 17.3 Å². The summed E-state index contributed by atoms with van der Waals surface area (Å²) in [5.41, 5.74) is 1.97. The van der Waals surface area contributed by atoms with E-state index in [0.29, 0.717) is 6.54 Å². The fourth-order valence-electron chi connectivity index (χ4n) is 2.99. The summed E-state index contributed by atoms with van der Waals surface area (Å²) in [5.74, 6) is -1.21. The highest BCUT2D eigenvalue weighted by molar-refractivity contribution is 6.42. The number of carbonyl (C=O) groups excluding carboxylic acids is 2. The summed E-state index contributed by atoms with van der Waals surface area (Å²) in [4.78, 5) is 24.6. The molecule has 0 fully saturated rings. The van der Waals surface area contributed by atoms with E-state index in [1.807, 2.05) is 60.7 Å². The SMILES string of the molecule is Cn1cc(C(=O)C(=O)NCC(C)(c2ccccc2)c2ccccc2)cn1. The lowest BCUT2D eigenvalue weighted by Gasteiger charge is -2.31. The fraction of sp³-hybridized carbons (Fsp3) is 0.190. The van der Waals surface area contributed by atoms with Gasteiger partial charge in [0.05, 0.1) is 11.8 Å². The highest BCUT2D eigenvalue weighted by Gasteiger charge is 2.30. The molecule has 1 N–H and O–H groups in total. The normalized spacial score (nSPS) is 11.2. The zero-order valence-electron chi connectivity index (χ0n) is 14.8. The van der Waals surface area contributed by atoms with Crippen LogP contribution < -0.4 is 5.32 Å². The van der Waals surface area contributed by atoms with Gasteiger partial charge in [-0.25, -0.2) is 0 Å². The van der Waals surface area contributed by atoms with Crippen LogP contribution in [-0.2, 0) is 17.3 Å². The minimum Gasteiger partial charge on any atom is -0.348 e. The molecule has 0 spiro atoms. The van der Waals surface area contributed by atoms with Crippen molar-refractivity contribution < 1.29 is 9.59 Å². The van der Waals surface area contributed by atoms with Gasteiger partial charge in [0.2, 0.25) is 0 Å². The molecule has 26 heavy (non-hydrogen) atoms. The molecule has 3 rings (SSSR count). The van der Waals surface area contributed by atoms with Gasteiger partial charge >= 0.3 is 0 Å². The van der Waals surface area contributed by atoms with E-state index >= 15 is 0 Å². The number of rotatable bonds is 6. The topological polar surface area (TPSA) is 64.0 Å². The summed E-state index contributed by atoms with van der Waals surface area (Å²) in [7, 11) is 1.70. The van der Waals surface area contributed by atoms with Crippen molar-refractivity contribution in [2.24, 2.45) is 7.05 Å². The number of amides is 1. The molecular weight excluding hydrogens is 326 g/mol. The summed E-state index contributed by atoms with van der Waals surface area (Å²) in [5, 5.41) is 6.74. The van der Waals surface area contributed by atoms with Crippen LogP contribution in [0.5, 0.6) is 0 Å². The van der Waals surface area contributed by atoms with Gasteiger partial charge in [-0.05, 0) is 18.1 Å². The summed E-state index contributed by atoms with van der Waals surface area (Å²) < 4.78 is 1.50. The number of hydrogen-bond donors (Lipinski definition) is 1. The molecule has 132 valence electrons. The first kappa shape index (κ1) is 17.6. The van der Waals surface area contributed by atoms with Gasteiger partial charge in [-0.2, -0.15) is 5.10 Å². The van der Waals surface area contributed by atoms with E-state index in [1.54, 1.807) is 7.05 Å². The standard InChI is InChI=1S/C21H21N3O2/c1-21(17-9-5-3-6-10-17,18-11-7-4-8-12-18)15-22-20(26)19(25)16-13-23-24(2)14-16/h3-14H,15H2,1-2H3,(H,22,26). The Morgan fingerprint density at radius 3 is 2.00 bits per heavy atom. The number of ketones is 1. The van der Waals surface area contributed by atoms with Gasteiger partial charge in [0.15, 0.2) is 0 Å². The van der Waals surface area contributed by atoms with Crippen LogP contribution in [0.2, 0.25) is 0 Å². The molecule has 1 aromatic heterocycles. The van der Waals surface area contributed by atoms with E-state index in [-0.39, 0.29) is 5.56 Å². The van der Waals surface area contributed by atoms with Crippen LogP contribution >= 0.6 is 0 Å². The number of Topliss-reactive ketones (excluding diaryl/α,β-unsaturated/α-hetero) is 1. The van der Waals surface area contributed by atoms with Crippen molar-refractivity contribution in [3.8, 4) is 0 Å². The third kappa shape index (κ3) is 3.57. The molecule has 0 saturated heterocycles. The number of nitrogens with zero attached hydrogens (tertiary/aromatic N) is 2. The number of carbonyl (C=O) groups is 2. The summed E-state index contributed by atoms with van der Waals surface area (Å²) >= 11 is 0. The molecule has 0 bridgehead atoms. The highest BCUT2D eigenvalue weighted by Crippen LogP contribution is 2.31. The van der Waals surface area contributed by atoms with Gasteiger partial charge in [-0.1, -0.05) is 60.7 Å². The van der Waals surface area contributed by atoms with Gasteiger partial charge < -0.3 is 5.32 Å². The molecule has 0 unspecified atom stereocenters. The minimum atomic E-state index is -0.629. The Bertz CT molecular complexity index is 862. The summed E-state index contributed by atoms with van der Waals surface area (Å²) in [6.07, 6.45) is 2.94. The predicted octanol–water partition coefficient (Wildman–Crippen LogP) is 2.73. The minimum absolute atomic E-state index is 0.283. The van der Waals surface area contributed by atoms with E-state index < -0.39 is 17.1 Å². The molecule has 3 aromatic rings. The molecule has 0 aliphatic heterocycles. The van der Waals surface area contributed by atoms with Crippen LogP contribution in [0.1, 0.15) is 28.4 Å². The molecule has 0 saturated carbocycles. The van der Waals surface area contributed by atoms with Crippen LogP contribution in [0, 0.1) is 0 Å². The van der Waals surface area contributed by atoms with Crippen molar-refractivity contribution in [1.29, 1.82) is 0 Å². The molecule has 1 heterocycles. The first-order valence-electron chi connectivity index (χ1n) is 8.43. The smallest absolute Gasteiger partial charge is 0.292 e. The molecular formula is C21H21N3O2. The maximum atomic E-state index is 12.4. The van der Waals surface area contributed by atoms with Crippen LogP contribution in [0.4, 0.5) is 0 Å². The number of benzene rings is 2. The van der Waals surface area contributed by atoms with Crippen LogP contribution in [0.25, 0.3) is 0 Å². The van der Waals surface area contributed by atoms with Crippen molar-refractivity contribution >= 4 is 11.7 Å². The summed E-state index contributed by atoms with van der Waals surface area (Å²) in [6.45, 7) is 2.37. The molecule has 0 aliphatic rings. The lowest BCUT2D eigenvalue weighted by molar-refractivity contribution is -0.117. The Kier molecular flexibility index (Phi) is 4.98. The first-order valence-corrected chi connectivity index (χ1v) is 8.43. The second kappa shape index (κ2) is 7.35. The van der Waals surface area contributed by atoms with Crippen molar-refractivity contribution in [2.45, 2.75) is 12.3 Å². The zero-order valence-corrected chi connectivity index (χ0v) is 14.8. The largest absolute Gasteiger partial charge is 0.348 e. The first-order chi connectivity index (χ1) is 12.5. The lowest BCUT2D eigenvalue weighted by Crippen LogP contribution is -2.42. The Hall–Kier alpha value is -3.21. The van der Waals surface area contributed by atoms with Crippen LogP contribution in [0.15, 0.2) is 73.1 Å². The van der Waals surface area contributed by atoms with Gasteiger partial charge in [-0.3, -0.25) is 14.3 Å². The molecule has 2 aromatic carbocycles. The van der Waals surface area contributed by atoms with E-state index in [1.165, 1.54) is 17.1 Å². The van der Waals surface area contributed by atoms with Crippen molar-refractivity contribution in [1.82, 2.24) is 15.1 Å². The Labute approximate surface area is 152 Å². The van der Waals surface area contributed by atoms with Gasteiger partial charge in [0.1, 0.15) is 0 Å². The second-order valence-electron chi connectivity index (χ2n) is 6.48. The van der Waals surface area contributed by atoms with Gasteiger partial charge in [0, 0.05) is 25.2 Å². The number of aryl methyl sites for hydroxylation is 1. The second-order valence-corrected chi connectivity index (χ2v) is 6.48. The average molecular weight is 347 g/mol. The van der Waals surface area contributed by atoms with Crippen LogP contribution in [-0.4, -0.2) is 28.0 Å². The Morgan fingerprint density at radius 2 is 1.54 bits per heavy atom. The molecule has 0 radical (unpaired) electrons. The lowest BCUT2D eigenvalue weighted by atomic mass is 9.76. The fourth-order valence-corrected chi connectivity index (χ4v) is 2.99. The van der Waals surface area contributed by atoms with Crippen molar-refractivity contribution in [3.05, 3.63) is 89.7 Å². The summed E-state index contributed by atoms with van der Waals surface area (Å²) in [6, 6.07) is 19.9. The van der Waals surface area contributed by atoms with Crippen molar-refractivity contribution in [2.75, 3.05) is 6.54 Å². The molecule has 0 atom stereocenters. The van der Waals surface area contributed by atoms with E-state index in [9.17, 15) is 9.59 Å². The monoisotopic (exact) mass is 347 g/mol. The van der Waals surface area contributed by atoms with Crippen molar-refractivity contribution in [3.63, 3.8) is 0 Å². The van der Waals surface area contributed by atoms with Gasteiger partial charge in [0.25, 0.3) is 11.7 Å². The van der Waals surface area contributed by atoms with Crippen LogP contribution in [0.3, 0.4) is 0 Å². The maximum Gasteiger partial charge on any atom is 0.292 e. The maximum absolute atomic E-state index is 12.4. The highest BCUT2D eigenvalue weighted by atomic mass is 16.2. The molecule has 5 nitrogen and oxygen atoms in total. The van der Waals surface area contributed by atoms with E-state index in [0.717, 1.165) is 11.1 Å². The number of hydrogen-bond acceptors (Lipinski definition) is 3. The third-order valence-electron chi connectivity index (χ3n) is 4.60. The molecule has 5 heteroatoms. The average Bonchev–Trinajstić information content (AvgIpc) is 3.13. The number of nitrogens with one attached hydrogen (secondary N) is 1. The predicted molar refractivity (Wildman–Crippen MR) is 99.9 cm³/mol. The third-order valence-corrected chi connectivity index (χ3v) is 4.60. The quantitative estimate of drug-likeness (QED) is 0.551. The van der Waals surface area contributed by atoms with Gasteiger partial charge in [-0.15, -0.1) is 0 Å². The molecule has 0 aliphatic carbocycles. The number of aromatic nitrogens is 2. The zero-order chi connectivity index (χ0) is 18.6. The molecule has 1 amide bonds. The Balaban J connectivity index is 1.83.